The van der Waals surface area contributed by atoms with Crippen molar-refractivity contribution in [2.75, 3.05) is 18.0 Å². The van der Waals surface area contributed by atoms with E-state index in [9.17, 15) is 18.4 Å². The van der Waals surface area contributed by atoms with E-state index in [-0.39, 0.29) is 23.7 Å². The van der Waals surface area contributed by atoms with Gasteiger partial charge in [0.15, 0.2) is 5.82 Å². The summed E-state index contributed by atoms with van der Waals surface area (Å²) >= 11 is 0. The summed E-state index contributed by atoms with van der Waals surface area (Å²) in [6.07, 6.45) is 3.41. The summed E-state index contributed by atoms with van der Waals surface area (Å²) in [6.45, 7) is 1.29. The largest absolute Gasteiger partial charge is 0.354 e. The molecule has 1 unspecified atom stereocenters. The van der Waals surface area contributed by atoms with E-state index in [4.69, 9.17) is 0 Å². The minimum absolute atomic E-state index is 0.0567. The van der Waals surface area contributed by atoms with Crippen LogP contribution in [-0.2, 0) is 6.42 Å². The molecule has 8 heteroatoms. The normalized spacial score (nSPS) is 16.2. The first kappa shape index (κ1) is 21.0. The van der Waals surface area contributed by atoms with Crippen molar-refractivity contribution in [3.8, 4) is 17.2 Å². The molecular formula is C25H20F3N5. The molecule has 33 heavy (non-hydrogen) atoms. The van der Waals surface area contributed by atoms with Gasteiger partial charge in [-0.3, -0.25) is 0 Å². The fourth-order valence-electron chi connectivity index (χ4n) is 4.36. The van der Waals surface area contributed by atoms with E-state index in [1.54, 1.807) is 18.3 Å². The van der Waals surface area contributed by atoms with Gasteiger partial charge in [-0.15, -0.1) is 0 Å². The SMILES string of the molecule is N#CC1CCCN(c2ncc(-c3cccc(F)c3)c3nc(Cc4cc(F)ccc4F)[nH]c23)C1. The molecule has 5 rings (SSSR count). The molecule has 0 amide bonds. The fraction of sp³-hybridized carbons (Fsp3) is 0.240. The quantitative estimate of drug-likeness (QED) is 0.457. The first-order valence-electron chi connectivity index (χ1n) is 10.7. The van der Waals surface area contributed by atoms with E-state index in [0.717, 1.165) is 37.6 Å². The van der Waals surface area contributed by atoms with Gasteiger partial charge >= 0.3 is 0 Å². The van der Waals surface area contributed by atoms with Crippen molar-refractivity contribution in [3.05, 3.63) is 77.5 Å². The highest BCUT2D eigenvalue weighted by molar-refractivity contribution is 5.97. The molecule has 166 valence electrons. The second-order valence-corrected chi connectivity index (χ2v) is 8.24. The Morgan fingerprint density at radius 1 is 1.12 bits per heavy atom. The molecule has 1 fully saturated rings. The van der Waals surface area contributed by atoms with Crippen LogP contribution in [0.25, 0.3) is 22.2 Å². The Morgan fingerprint density at radius 3 is 2.79 bits per heavy atom. The number of anilines is 1. The van der Waals surface area contributed by atoms with Crippen LogP contribution in [0.2, 0.25) is 0 Å². The third kappa shape index (κ3) is 4.14. The summed E-state index contributed by atoms with van der Waals surface area (Å²) in [5, 5.41) is 9.39. The summed E-state index contributed by atoms with van der Waals surface area (Å²) in [5.41, 5.74) is 2.61. The molecule has 0 spiro atoms. The Labute approximate surface area is 188 Å². The van der Waals surface area contributed by atoms with Crippen molar-refractivity contribution in [2.24, 2.45) is 5.92 Å². The van der Waals surface area contributed by atoms with Crippen molar-refractivity contribution in [1.82, 2.24) is 15.0 Å². The molecule has 1 aliphatic heterocycles. The summed E-state index contributed by atoms with van der Waals surface area (Å²) in [5.74, 6) is -0.439. The fourth-order valence-corrected chi connectivity index (χ4v) is 4.36. The zero-order chi connectivity index (χ0) is 22.9. The number of hydrogen-bond acceptors (Lipinski definition) is 4. The molecule has 3 heterocycles. The maximum Gasteiger partial charge on any atom is 0.154 e. The highest BCUT2D eigenvalue weighted by Gasteiger charge is 2.24. The van der Waals surface area contributed by atoms with Gasteiger partial charge in [-0.25, -0.2) is 23.1 Å². The third-order valence-corrected chi connectivity index (χ3v) is 5.95. The number of aromatic nitrogens is 3. The molecule has 1 N–H and O–H groups in total. The standard InChI is InChI=1S/C25H20F3N5/c26-18-5-1-4-16(9-18)20-13-30-25(33-8-2-3-15(12-29)14-33)24-23(20)31-22(32-24)11-17-10-19(27)6-7-21(17)28/h1,4-7,9-10,13,15H,2-3,8,11,14H2,(H,31,32). The Bertz CT molecular complexity index is 1370. The highest BCUT2D eigenvalue weighted by atomic mass is 19.1. The van der Waals surface area contributed by atoms with Crippen molar-refractivity contribution in [2.45, 2.75) is 19.3 Å². The smallest absolute Gasteiger partial charge is 0.154 e. The van der Waals surface area contributed by atoms with Crippen LogP contribution in [0.5, 0.6) is 0 Å². The van der Waals surface area contributed by atoms with Gasteiger partial charge in [-0.05, 0) is 54.3 Å². The molecule has 0 aliphatic carbocycles. The van der Waals surface area contributed by atoms with E-state index in [0.29, 0.717) is 40.3 Å². The predicted octanol–water partition coefficient (Wildman–Crippen LogP) is 5.37. The maximum absolute atomic E-state index is 14.3. The highest BCUT2D eigenvalue weighted by Crippen LogP contribution is 2.34. The minimum atomic E-state index is -0.527. The zero-order valence-corrected chi connectivity index (χ0v) is 17.7. The minimum Gasteiger partial charge on any atom is -0.354 e. The number of H-pyrrole nitrogens is 1. The Morgan fingerprint density at radius 2 is 1.97 bits per heavy atom. The number of pyridine rings is 1. The lowest BCUT2D eigenvalue weighted by Gasteiger charge is -2.30. The number of imidazole rings is 1. The molecule has 2 aromatic carbocycles. The first-order chi connectivity index (χ1) is 16.0. The summed E-state index contributed by atoms with van der Waals surface area (Å²) < 4.78 is 41.8. The van der Waals surface area contributed by atoms with E-state index >= 15 is 0 Å². The molecule has 0 bridgehead atoms. The monoisotopic (exact) mass is 447 g/mol. The van der Waals surface area contributed by atoms with Gasteiger partial charge in [-0.1, -0.05) is 12.1 Å². The molecule has 4 aromatic rings. The van der Waals surface area contributed by atoms with Gasteiger partial charge < -0.3 is 9.88 Å². The van der Waals surface area contributed by atoms with Gasteiger partial charge in [0.25, 0.3) is 0 Å². The average molecular weight is 447 g/mol. The summed E-state index contributed by atoms with van der Waals surface area (Å²) in [7, 11) is 0. The first-order valence-corrected chi connectivity index (χ1v) is 10.7. The van der Waals surface area contributed by atoms with Crippen molar-refractivity contribution in [3.63, 3.8) is 0 Å². The number of nitriles is 1. The maximum atomic E-state index is 14.3. The van der Waals surface area contributed by atoms with Crippen molar-refractivity contribution in [1.29, 1.82) is 5.26 Å². The Kier molecular flexibility index (Phi) is 5.47. The van der Waals surface area contributed by atoms with Crippen LogP contribution in [0, 0.1) is 34.7 Å². The van der Waals surface area contributed by atoms with Crippen LogP contribution >= 0.6 is 0 Å². The molecule has 1 aliphatic rings. The lowest BCUT2D eigenvalue weighted by molar-refractivity contribution is 0.491. The number of piperidine rings is 1. The van der Waals surface area contributed by atoms with Gasteiger partial charge in [0.1, 0.15) is 34.3 Å². The number of nitrogens with one attached hydrogen (secondary N) is 1. The number of rotatable bonds is 4. The van der Waals surface area contributed by atoms with Crippen LogP contribution in [0.15, 0.2) is 48.7 Å². The van der Waals surface area contributed by atoms with E-state index in [1.165, 1.54) is 12.1 Å². The molecule has 1 atom stereocenters. The number of halogens is 3. The van der Waals surface area contributed by atoms with Crippen LogP contribution in [-0.4, -0.2) is 28.0 Å². The molecule has 0 saturated carbocycles. The molecular weight excluding hydrogens is 427 g/mol. The second kappa shape index (κ2) is 8.58. The topological polar surface area (TPSA) is 68.6 Å². The summed E-state index contributed by atoms with van der Waals surface area (Å²) in [4.78, 5) is 14.6. The number of hydrogen-bond donors (Lipinski definition) is 1. The predicted molar refractivity (Wildman–Crippen MR) is 119 cm³/mol. The molecule has 0 radical (unpaired) electrons. The Balaban J connectivity index is 1.63. The van der Waals surface area contributed by atoms with Crippen molar-refractivity contribution < 1.29 is 13.2 Å². The lowest BCUT2D eigenvalue weighted by Crippen LogP contribution is -2.35. The van der Waals surface area contributed by atoms with Crippen molar-refractivity contribution >= 4 is 16.9 Å². The van der Waals surface area contributed by atoms with Crippen LogP contribution in [0.3, 0.4) is 0 Å². The van der Waals surface area contributed by atoms with E-state index in [1.807, 2.05) is 4.90 Å². The molecule has 5 nitrogen and oxygen atoms in total. The number of benzene rings is 2. The van der Waals surface area contributed by atoms with Crippen LogP contribution in [0.1, 0.15) is 24.2 Å². The number of nitrogens with zero attached hydrogens (tertiary/aromatic N) is 4. The average Bonchev–Trinajstić information content (AvgIpc) is 3.24. The zero-order valence-electron chi connectivity index (χ0n) is 17.7. The lowest BCUT2D eigenvalue weighted by atomic mass is 9.99. The number of aromatic amines is 1. The van der Waals surface area contributed by atoms with E-state index in [2.05, 4.69) is 21.0 Å². The Hall–Kier alpha value is -3.86. The molecule has 2 aromatic heterocycles. The third-order valence-electron chi connectivity index (χ3n) is 5.95. The van der Waals surface area contributed by atoms with Crippen LogP contribution < -0.4 is 4.90 Å². The van der Waals surface area contributed by atoms with Gasteiger partial charge in [-0.2, -0.15) is 5.26 Å². The van der Waals surface area contributed by atoms with E-state index < -0.39 is 11.6 Å². The summed E-state index contributed by atoms with van der Waals surface area (Å²) in [6, 6.07) is 11.8. The second-order valence-electron chi connectivity index (χ2n) is 8.24. The van der Waals surface area contributed by atoms with Gasteiger partial charge in [0.05, 0.1) is 12.0 Å². The van der Waals surface area contributed by atoms with Crippen LogP contribution in [0.4, 0.5) is 19.0 Å². The van der Waals surface area contributed by atoms with Gasteiger partial charge in [0, 0.05) is 31.3 Å². The number of fused-ring (bicyclic) bond motifs is 1. The van der Waals surface area contributed by atoms with Gasteiger partial charge in [0.2, 0.25) is 0 Å². The molecule has 1 saturated heterocycles.